The van der Waals surface area contributed by atoms with Gasteiger partial charge in [0.25, 0.3) is 0 Å². The Hall–Kier alpha value is -10.7. The summed E-state index contributed by atoms with van der Waals surface area (Å²) in [7, 11) is 4.19. The summed E-state index contributed by atoms with van der Waals surface area (Å²) in [6, 6.07) is 28.8. The Morgan fingerprint density at radius 2 is 0.824 bits per heavy atom. The quantitative estimate of drug-likeness (QED) is 0.0206. The van der Waals surface area contributed by atoms with E-state index in [1.807, 2.05) is 18.2 Å². The molecule has 0 aliphatic heterocycles. The van der Waals surface area contributed by atoms with E-state index < -0.39 is 18.1 Å². The van der Waals surface area contributed by atoms with E-state index in [1.165, 1.54) is 77.2 Å². The predicted molar refractivity (Wildman–Crippen MR) is 328 cm³/mol. The van der Waals surface area contributed by atoms with Crippen molar-refractivity contribution in [3.05, 3.63) is 178 Å². The van der Waals surface area contributed by atoms with Gasteiger partial charge >= 0.3 is 18.1 Å². The van der Waals surface area contributed by atoms with E-state index in [9.17, 15) is 14.4 Å². The molecule has 3 heterocycles. The van der Waals surface area contributed by atoms with E-state index in [-0.39, 0.29) is 50.2 Å². The first-order chi connectivity index (χ1) is 41.1. The van der Waals surface area contributed by atoms with Gasteiger partial charge in [-0.05, 0) is 60.7 Å². The van der Waals surface area contributed by atoms with Gasteiger partial charge in [0.15, 0.2) is 0 Å². The number of oxime groups is 3. The van der Waals surface area contributed by atoms with E-state index in [1.54, 1.807) is 78.9 Å². The van der Waals surface area contributed by atoms with Gasteiger partial charge < -0.3 is 77.8 Å². The van der Waals surface area contributed by atoms with Crippen LogP contribution in [0.1, 0.15) is 16.7 Å². The molecule has 27 nitrogen and oxygen atoms in total. The zero-order valence-electron chi connectivity index (χ0n) is 44.8. The molecule has 0 fully saturated rings. The van der Waals surface area contributed by atoms with Crippen LogP contribution in [0.3, 0.4) is 0 Å². The first-order valence-corrected chi connectivity index (χ1v) is 25.6. The summed E-state index contributed by atoms with van der Waals surface area (Å²) in [6.45, 7) is 3.86. The second kappa shape index (κ2) is 32.6. The Morgan fingerprint density at radius 3 is 1.19 bits per heavy atom. The van der Waals surface area contributed by atoms with Crippen molar-refractivity contribution in [1.29, 1.82) is 0 Å². The van der Waals surface area contributed by atoms with E-state index in [0.29, 0.717) is 73.9 Å². The lowest BCUT2D eigenvalue weighted by Gasteiger charge is -2.12. The number of amides is 6. The minimum atomic E-state index is -0.500. The third-order valence-corrected chi connectivity index (χ3v) is 11.5. The molecule has 0 saturated carbocycles. The van der Waals surface area contributed by atoms with Crippen LogP contribution in [-0.4, -0.2) is 94.5 Å². The molecule has 6 amide bonds. The first kappa shape index (κ1) is 63.4. The molecular formula is C54H50Cl4N18O9. The minimum Gasteiger partial charge on any atom is -0.438 e. The average Bonchev–Trinajstić information content (AvgIpc) is 3.65. The van der Waals surface area contributed by atoms with Gasteiger partial charge in [-0.2, -0.15) is 0 Å². The molecule has 0 bridgehead atoms. The molecule has 0 radical (unpaired) electrons. The highest BCUT2D eigenvalue weighted by Gasteiger charge is 2.17. The SMILES string of the molecule is C=CCNC(=O)Nc1ccc(Oc2ncnc(N)c2/C=N/OC)cc1Cl.CO/N=C/c1c(N)ncnc1Oc1ccc(NC(=O)Nc2ccccc2)c(Cl)c1.CO/N=C/c1c(N)ncnc1Oc1ccc(NC(=O)Nc2ccccc2Cl)c(Cl)c1. The maximum absolute atomic E-state index is 12.2. The molecule has 8 rings (SSSR count). The molecule has 8 aromatic rings. The van der Waals surface area contributed by atoms with Gasteiger partial charge in [-0.3, -0.25) is 0 Å². The molecule has 31 heteroatoms. The smallest absolute Gasteiger partial charge is 0.323 e. The van der Waals surface area contributed by atoms with Gasteiger partial charge in [0.1, 0.15) is 91.7 Å². The highest BCUT2D eigenvalue weighted by atomic mass is 35.5. The maximum atomic E-state index is 12.2. The predicted octanol–water partition coefficient (Wildman–Crippen LogP) is 11.7. The molecule has 0 aliphatic carbocycles. The van der Waals surface area contributed by atoms with Crippen molar-refractivity contribution in [3.8, 4) is 34.9 Å². The number of anilines is 8. The van der Waals surface area contributed by atoms with E-state index in [0.717, 1.165) is 0 Å². The fourth-order valence-electron chi connectivity index (χ4n) is 6.39. The van der Waals surface area contributed by atoms with Gasteiger partial charge in [0.2, 0.25) is 17.6 Å². The zero-order chi connectivity index (χ0) is 61.1. The van der Waals surface area contributed by atoms with Gasteiger partial charge in [-0.25, -0.2) is 44.3 Å². The number of nitrogens with two attached hydrogens (primary N) is 3. The molecule has 0 unspecified atom stereocenters. The van der Waals surface area contributed by atoms with Crippen molar-refractivity contribution in [2.45, 2.75) is 0 Å². The number of carbonyl (C=O) groups is 3. The summed E-state index contributed by atoms with van der Waals surface area (Å²) in [6.07, 6.45) is 9.36. The highest BCUT2D eigenvalue weighted by molar-refractivity contribution is 6.35. The molecule has 3 aromatic heterocycles. The second-order valence-corrected chi connectivity index (χ2v) is 17.7. The van der Waals surface area contributed by atoms with Crippen LogP contribution >= 0.6 is 46.4 Å². The van der Waals surface area contributed by atoms with Crippen LogP contribution in [0.4, 0.5) is 60.3 Å². The number of urea groups is 3. The number of halogens is 4. The lowest BCUT2D eigenvalue weighted by molar-refractivity contribution is 0.215. The van der Waals surface area contributed by atoms with Crippen LogP contribution < -0.4 is 63.3 Å². The number of hydrogen-bond acceptors (Lipinski definition) is 21. The fourth-order valence-corrected chi connectivity index (χ4v) is 7.23. The third-order valence-electron chi connectivity index (χ3n) is 10.3. The molecule has 5 aromatic carbocycles. The molecule has 85 heavy (non-hydrogen) atoms. The normalized spacial score (nSPS) is 10.5. The molecule has 0 aliphatic rings. The minimum absolute atomic E-state index is 0.163. The third kappa shape index (κ3) is 19.7. The number of ether oxygens (including phenoxy) is 3. The number of carbonyl (C=O) groups excluding carboxylic acids is 3. The summed E-state index contributed by atoms with van der Waals surface area (Å²) in [5.74, 6) is 2.18. The Labute approximate surface area is 504 Å². The molecule has 0 spiro atoms. The number of rotatable bonds is 19. The number of benzene rings is 5. The van der Waals surface area contributed by atoms with Crippen LogP contribution in [0.5, 0.6) is 34.9 Å². The second-order valence-electron chi connectivity index (χ2n) is 16.0. The monoisotopic (exact) mass is 1230 g/mol. The summed E-state index contributed by atoms with van der Waals surface area (Å²) < 4.78 is 17.2. The van der Waals surface area contributed by atoms with E-state index in [4.69, 9.17) is 77.8 Å². The standard InChI is InChI=1S/C19H16Cl2N6O3.C19H17ClN6O3.C16H17ClN6O3/c1-29-25-9-12-17(22)23-10-24-18(12)30-11-6-7-16(14(21)8-11)27-19(28)26-15-5-3-2-4-13(15)20;1-28-24-10-14-17(21)22-11-23-18(14)29-13-7-8-16(15(20)9-13)26-19(27)25-12-5-3-2-4-6-12;1-3-6-19-16(24)23-13-5-4-10(7-12(13)17)26-15-11(8-22-25-2)14(18)20-9-21-15/h2-10H,1H3,(H2,22,23,24)(H2,26,27,28);2-11H,1H3,(H2,21,22,23)(H2,25,26,27);3-5,7-9H,1,6H2,2H3,(H2,18,20,21)(H2,19,23,24)/b25-9+;24-10+;22-8+. The van der Waals surface area contributed by atoms with Crippen molar-refractivity contribution in [2.24, 2.45) is 15.5 Å². The summed E-state index contributed by atoms with van der Waals surface area (Å²) in [5, 5.41) is 28.0. The summed E-state index contributed by atoms with van der Waals surface area (Å²) in [5.41, 5.74) is 20.9. The lowest BCUT2D eigenvalue weighted by Crippen LogP contribution is -2.28. The van der Waals surface area contributed by atoms with Crippen LogP contribution in [0.25, 0.3) is 0 Å². The number of nitrogens with one attached hydrogen (secondary N) is 6. The Bertz CT molecular complexity index is 3700. The highest BCUT2D eigenvalue weighted by Crippen LogP contribution is 2.34. The number of aromatic nitrogens is 6. The largest absolute Gasteiger partial charge is 0.438 e. The molecule has 12 N–H and O–H groups in total. The van der Waals surface area contributed by atoms with E-state index >= 15 is 0 Å². The van der Waals surface area contributed by atoms with Gasteiger partial charge in [-0.1, -0.05) is 98.3 Å². The Morgan fingerprint density at radius 1 is 0.471 bits per heavy atom. The molecule has 0 saturated heterocycles. The van der Waals surface area contributed by atoms with Crippen molar-refractivity contribution in [1.82, 2.24) is 35.2 Å². The fraction of sp³-hybridized carbons (Fsp3) is 0.0741. The summed E-state index contributed by atoms with van der Waals surface area (Å²) >= 11 is 24.8. The first-order valence-electron chi connectivity index (χ1n) is 24.1. The van der Waals surface area contributed by atoms with Crippen LogP contribution in [0.2, 0.25) is 20.1 Å². The molecule has 0 atom stereocenters. The van der Waals surface area contributed by atoms with Crippen LogP contribution in [0, 0.1) is 0 Å². The zero-order valence-corrected chi connectivity index (χ0v) is 47.8. The van der Waals surface area contributed by atoms with Crippen LogP contribution in [0.15, 0.2) is 156 Å². The van der Waals surface area contributed by atoms with E-state index in [2.05, 4.69) is 98.4 Å². The van der Waals surface area contributed by atoms with Gasteiger partial charge in [0, 0.05) is 30.4 Å². The number of nitrogens with zero attached hydrogens (tertiary/aromatic N) is 9. The van der Waals surface area contributed by atoms with Gasteiger partial charge in [0.05, 0.1) is 61.5 Å². The molecular weight excluding hydrogens is 1190 g/mol. The van der Waals surface area contributed by atoms with Crippen molar-refractivity contribution >= 4 is 129 Å². The van der Waals surface area contributed by atoms with Crippen molar-refractivity contribution in [2.75, 3.05) is 71.7 Å². The van der Waals surface area contributed by atoms with Gasteiger partial charge in [-0.15, -0.1) is 6.58 Å². The average molecular weight is 1240 g/mol. The topological polar surface area (TPSA) is 371 Å². The Balaban J connectivity index is 0.000000205. The number of hydrogen-bond donors (Lipinski definition) is 9. The van der Waals surface area contributed by atoms with Crippen molar-refractivity contribution in [3.63, 3.8) is 0 Å². The van der Waals surface area contributed by atoms with Crippen LogP contribution in [-0.2, 0) is 14.5 Å². The maximum Gasteiger partial charge on any atom is 0.323 e. The van der Waals surface area contributed by atoms with Crippen molar-refractivity contribution < 1.29 is 43.1 Å². The number of nitrogen functional groups attached to an aromatic ring is 3. The Kier molecular flexibility index (Phi) is 24.4. The molecule has 438 valence electrons. The summed E-state index contributed by atoms with van der Waals surface area (Å²) in [4.78, 5) is 73.7. The number of para-hydroxylation sites is 2. The lowest BCUT2D eigenvalue weighted by atomic mass is 10.3.